The zero-order valence-corrected chi connectivity index (χ0v) is 14.9. The fourth-order valence-corrected chi connectivity index (χ4v) is 3.15. The molecule has 3 saturated heterocycles. The maximum absolute atomic E-state index is 9.17. The van der Waals surface area contributed by atoms with E-state index in [2.05, 4.69) is 6.58 Å². The molecule has 0 aliphatic carbocycles. The van der Waals surface area contributed by atoms with Crippen molar-refractivity contribution in [1.29, 1.82) is 0 Å². The van der Waals surface area contributed by atoms with Gasteiger partial charge in [-0.05, 0) is 34.1 Å². The lowest BCUT2D eigenvalue weighted by molar-refractivity contribution is -0.167. The van der Waals surface area contributed by atoms with Gasteiger partial charge in [-0.2, -0.15) is 0 Å². The average Bonchev–Trinajstić information content (AvgIpc) is 2.93. The minimum Gasteiger partial charge on any atom is -0.394 e. The molecule has 3 fully saturated rings. The third kappa shape index (κ3) is 5.23. The second-order valence-electron chi connectivity index (χ2n) is 7.16. The highest BCUT2D eigenvalue weighted by Crippen LogP contribution is 2.33. The lowest BCUT2D eigenvalue weighted by Gasteiger charge is -2.26. The van der Waals surface area contributed by atoms with Gasteiger partial charge in [-0.15, -0.1) is 6.58 Å². The Kier molecular flexibility index (Phi) is 6.41. The van der Waals surface area contributed by atoms with Crippen LogP contribution >= 0.6 is 0 Å². The quantitative estimate of drug-likeness (QED) is 0.745. The van der Waals surface area contributed by atoms with Gasteiger partial charge in [0.2, 0.25) is 0 Å². The minimum atomic E-state index is -0.691. The van der Waals surface area contributed by atoms with Crippen LogP contribution in [0.4, 0.5) is 0 Å². The Morgan fingerprint density at radius 3 is 2.21 bits per heavy atom. The summed E-state index contributed by atoms with van der Waals surface area (Å²) < 4.78 is 27.1. The molecule has 1 unspecified atom stereocenters. The molecule has 3 rings (SSSR count). The molecule has 0 aromatic carbocycles. The zero-order chi connectivity index (χ0) is 18.0. The van der Waals surface area contributed by atoms with Crippen molar-refractivity contribution < 1.29 is 33.9 Å². The van der Waals surface area contributed by atoms with Crippen molar-refractivity contribution in [3.63, 3.8) is 0 Å². The van der Waals surface area contributed by atoms with Crippen LogP contribution in [0.3, 0.4) is 0 Å². The van der Waals surface area contributed by atoms with Gasteiger partial charge in [-0.3, -0.25) is 0 Å². The molecule has 7 nitrogen and oxygen atoms in total. The highest BCUT2D eigenvalue weighted by atomic mass is 16.8. The maximum atomic E-state index is 9.17. The molecule has 3 heterocycles. The summed E-state index contributed by atoms with van der Waals surface area (Å²) in [5.74, 6) is -1.09. The van der Waals surface area contributed by atoms with Crippen molar-refractivity contribution in [1.82, 2.24) is 0 Å². The SMILES string of the molecule is C=CC[C@@H]1OC(C)(C)O[C@@H]1CO.CC1(C)O[C@@H]2COC(O)C[C@H]2O1. The topological polar surface area (TPSA) is 86.6 Å². The summed E-state index contributed by atoms with van der Waals surface area (Å²) >= 11 is 0. The van der Waals surface area contributed by atoms with Crippen molar-refractivity contribution in [2.24, 2.45) is 0 Å². The molecule has 0 saturated carbocycles. The van der Waals surface area contributed by atoms with Gasteiger partial charge in [-0.1, -0.05) is 6.08 Å². The van der Waals surface area contributed by atoms with Crippen LogP contribution in [0.2, 0.25) is 0 Å². The van der Waals surface area contributed by atoms with Crippen LogP contribution in [0.15, 0.2) is 12.7 Å². The van der Waals surface area contributed by atoms with E-state index in [1.54, 1.807) is 6.08 Å². The van der Waals surface area contributed by atoms with Gasteiger partial charge in [-0.25, -0.2) is 0 Å². The van der Waals surface area contributed by atoms with Gasteiger partial charge >= 0.3 is 0 Å². The Balaban J connectivity index is 0.000000174. The zero-order valence-electron chi connectivity index (χ0n) is 14.9. The van der Waals surface area contributed by atoms with Gasteiger partial charge in [0.05, 0.1) is 25.4 Å². The van der Waals surface area contributed by atoms with E-state index in [9.17, 15) is 0 Å². The second-order valence-corrected chi connectivity index (χ2v) is 7.16. The predicted octanol–water partition coefficient (Wildman–Crippen LogP) is 1.32. The van der Waals surface area contributed by atoms with E-state index in [4.69, 9.17) is 33.9 Å². The number of hydrogen-bond acceptors (Lipinski definition) is 7. The number of aliphatic hydroxyl groups is 2. The fraction of sp³-hybridized carbons (Fsp3) is 0.882. The smallest absolute Gasteiger partial charge is 0.163 e. The second kappa shape index (κ2) is 7.78. The lowest BCUT2D eigenvalue weighted by atomic mass is 10.1. The van der Waals surface area contributed by atoms with Crippen molar-refractivity contribution in [2.75, 3.05) is 13.2 Å². The standard InChI is InChI=1S/C9H16O3.C8H14O4/c1-4-5-7-8(6-10)12-9(2,3)11-7;1-8(2)11-5-3-7(9)10-4-6(5)12-8/h4,7-8,10H,1,5-6H2,2-3H3;5-7,9H,3-4H2,1-2H3/t7-,8+;5-,6-,7?/m01/s1. The lowest BCUT2D eigenvalue weighted by Crippen LogP contribution is -2.39. The van der Waals surface area contributed by atoms with Gasteiger partial charge in [0.25, 0.3) is 0 Å². The van der Waals surface area contributed by atoms with Crippen molar-refractivity contribution in [3.8, 4) is 0 Å². The molecule has 2 N–H and O–H groups in total. The average molecular weight is 346 g/mol. The summed E-state index contributed by atoms with van der Waals surface area (Å²) in [6.07, 6.45) is 2.03. The van der Waals surface area contributed by atoms with Gasteiger partial charge in [0, 0.05) is 6.42 Å². The molecule has 0 aromatic heterocycles. The van der Waals surface area contributed by atoms with E-state index in [-0.39, 0.29) is 31.0 Å². The molecule has 0 amide bonds. The summed E-state index contributed by atoms with van der Waals surface area (Å²) in [6.45, 7) is 11.5. The number of ether oxygens (including phenoxy) is 5. The molecule has 5 atom stereocenters. The van der Waals surface area contributed by atoms with Crippen LogP contribution in [0.25, 0.3) is 0 Å². The largest absolute Gasteiger partial charge is 0.394 e. The molecular weight excluding hydrogens is 316 g/mol. The van der Waals surface area contributed by atoms with Gasteiger partial charge in [0.15, 0.2) is 17.9 Å². The molecule has 140 valence electrons. The summed E-state index contributed by atoms with van der Waals surface area (Å²) in [4.78, 5) is 0. The Labute approximate surface area is 143 Å². The van der Waals surface area contributed by atoms with E-state index in [0.29, 0.717) is 19.4 Å². The Morgan fingerprint density at radius 1 is 1.00 bits per heavy atom. The first-order valence-electron chi connectivity index (χ1n) is 8.38. The molecule has 0 spiro atoms. The third-order valence-electron chi connectivity index (χ3n) is 4.04. The molecule has 7 heteroatoms. The van der Waals surface area contributed by atoms with E-state index >= 15 is 0 Å². The molecule has 0 bridgehead atoms. The van der Waals surface area contributed by atoms with Crippen LogP contribution in [0.1, 0.15) is 40.5 Å². The normalized spacial score (nSPS) is 39.7. The van der Waals surface area contributed by atoms with E-state index in [1.165, 1.54) is 0 Å². The van der Waals surface area contributed by atoms with E-state index in [1.807, 2.05) is 27.7 Å². The molecule has 3 aliphatic rings. The molecule has 0 aromatic rings. The summed E-state index contributed by atoms with van der Waals surface area (Å²) in [5, 5.41) is 18.1. The Bertz CT molecular complexity index is 423. The number of aliphatic hydroxyl groups excluding tert-OH is 2. The highest BCUT2D eigenvalue weighted by Gasteiger charge is 2.44. The third-order valence-corrected chi connectivity index (χ3v) is 4.04. The van der Waals surface area contributed by atoms with Gasteiger partial charge in [0.1, 0.15) is 12.2 Å². The van der Waals surface area contributed by atoms with E-state index < -0.39 is 17.9 Å². The minimum absolute atomic E-state index is 0.00192. The summed E-state index contributed by atoms with van der Waals surface area (Å²) in [5.41, 5.74) is 0. The number of hydrogen-bond donors (Lipinski definition) is 2. The predicted molar refractivity (Wildman–Crippen MR) is 86.1 cm³/mol. The molecule has 0 radical (unpaired) electrons. The van der Waals surface area contributed by atoms with Crippen LogP contribution in [-0.2, 0) is 23.7 Å². The summed E-state index contributed by atoms with van der Waals surface area (Å²) in [6, 6.07) is 0. The number of rotatable bonds is 3. The van der Waals surface area contributed by atoms with Gasteiger partial charge < -0.3 is 33.9 Å². The van der Waals surface area contributed by atoms with Crippen LogP contribution in [-0.4, -0.2) is 65.7 Å². The molecule has 3 aliphatic heterocycles. The first-order chi connectivity index (χ1) is 11.2. The Morgan fingerprint density at radius 2 is 1.58 bits per heavy atom. The molecule has 24 heavy (non-hydrogen) atoms. The maximum Gasteiger partial charge on any atom is 0.163 e. The first kappa shape index (κ1) is 19.8. The first-order valence-corrected chi connectivity index (χ1v) is 8.38. The van der Waals surface area contributed by atoms with Crippen LogP contribution < -0.4 is 0 Å². The van der Waals surface area contributed by atoms with Crippen LogP contribution in [0, 0.1) is 0 Å². The molecular formula is C17H30O7. The van der Waals surface area contributed by atoms with Crippen molar-refractivity contribution >= 4 is 0 Å². The monoisotopic (exact) mass is 346 g/mol. The van der Waals surface area contributed by atoms with E-state index in [0.717, 1.165) is 0 Å². The van der Waals surface area contributed by atoms with Crippen molar-refractivity contribution in [2.45, 2.75) is 82.8 Å². The van der Waals surface area contributed by atoms with Crippen molar-refractivity contribution in [3.05, 3.63) is 12.7 Å². The Hall–Kier alpha value is -0.540. The highest BCUT2D eigenvalue weighted by molar-refractivity contribution is 4.86. The number of fused-ring (bicyclic) bond motifs is 1. The fourth-order valence-electron chi connectivity index (χ4n) is 3.15. The van der Waals surface area contributed by atoms with Crippen LogP contribution in [0.5, 0.6) is 0 Å². The summed E-state index contributed by atoms with van der Waals surface area (Å²) in [7, 11) is 0.